The average Bonchev–Trinajstić information content (AvgIpc) is 2.84. The molecule has 0 N–H and O–H groups in total. The van der Waals surface area contributed by atoms with Gasteiger partial charge in [0.1, 0.15) is 5.82 Å². The molecule has 0 spiro atoms. The molecule has 31 heavy (non-hydrogen) atoms. The lowest BCUT2D eigenvalue weighted by atomic mass is 10.0. The molecule has 0 bridgehead atoms. The van der Waals surface area contributed by atoms with Crippen molar-refractivity contribution in [1.82, 2.24) is 15.0 Å². The number of fused-ring (bicyclic) bond motifs is 1. The third-order valence-electron chi connectivity index (χ3n) is 5.43. The molecule has 0 atom stereocenters. The van der Waals surface area contributed by atoms with Gasteiger partial charge in [-0.25, -0.2) is 15.0 Å². The summed E-state index contributed by atoms with van der Waals surface area (Å²) >= 11 is 0. The Labute approximate surface area is 182 Å². The lowest BCUT2D eigenvalue weighted by Gasteiger charge is -2.12. The van der Waals surface area contributed by atoms with Gasteiger partial charge in [0.15, 0.2) is 11.6 Å². The van der Waals surface area contributed by atoms with Crippen molar-refractivity contribution < 1.29 is 0 Å². The molecule has 1 aromatic heterocycles. The molecular formula is C28H23N3. The molecule has 5 aromatic rings. The largest absolute Gasteiger partial charge is 0.213 e. The van der Waals surface area contributed by atoms with Crippen LogP contribution in [-0.2, 0) is 0 Å². The molecule has 0 aliphatic rings. The minimum Gasteiger partial charge on any atom is -0.213 e. The fourth-order valence-electron chi connectivity index (χ4n) is 3.79. The lowest BCUT2D eigenvalue weighted by Crippen LogP contribution is -2.04. The van der Waals surface area contributed by atoms with Gasteiger partial charge in [0.2, 0.25) is 0 Å². The van der Waals surface area contributed by atoms with E-state index in [1.807, 2.05) is 6.07 Å². The molecule has 4 aromatic carbocycles. The van der Waals surface area contributed by atoms with Crippen LogP contribution in [0.1, 0.15) is 25.6 Å². The Kier molecular flexibility index (Phi) is 5.01. The molecule has 0 saturated heterocycles. The minimum absolute atomic E-state index is 0.202. The van der Waals surface area contributed by atoms with Gasteiger partial charge in [-0.2, -0.15) is 0 Å². The Morgan fingerprint density at radius 1 is 0.548 bits per heavy atom. The highest BCUT2D eigenvalue weighted by Gasteiger charge is 2.15. The second-order valence-electron chi connectivity index (χ2n) is 7.97. The number of aromatic nitrogens is 3. The maximum absolute atomic E-state index is 4.92. The first-order chi connectivity index (χ1) is 15.2. The van der Waals surface area contributed by atoms with Crippen molar-refractivity contribution in [2.24, 2.45) is 0 Å². The number of benzene rings is 4. The third-order valence-corrected chi connectivity index (χ3v) is 5.43. The topological polar surface area (TPSA) is 38.7 Å². The number of hydrogen-bond acceptors (Lipinski definition) is 3. The van der Waals surface area contributed by atoms with Gasteiger partial charge >= 0.3 is 0 Å². The molecule has 3 heteroatoms. The monoisotopic (exact) mass is 401 g/mol. The minimum atomic E-state index is 0.202. The predicted molar refractivity (Wildman–Crippen MR) is 128 cm³/mol. The molecule has 3 nitrogen and oxygen atoms in total. The summed E-state index contributed by atoms with van der Waals surface area (Å²) in [7, 11) is 0. The Morgan fingerprint density at radius 2 is 1.19 bits per heavy atom. The first kappa shape index (κ1) is 19.1. The second-order valence-corrected chi connectivity index (χ2v) is 7.97. The standard InChI is InChI=1S/C28H23N3/c1-19(2)26-29-27(23-15-8-14-22(18-23)20-10-4-3-5-11-20)31-28(30-26)25-17-9-13-21-12-6-7-16-24(21)25/h3-19H,1-2H3. The summed E-state index contributed by atoms with van der Waals surface area (Å²) in [6, 6.07) is 33.4. The summed E-state index contributed by atoms with van der Waals surface area (Å²) in [5.41, 5.74) is 4.35. The van der Waals surface area contributed by atoms with Crippen LogP contribution in [0.5, 0.6) is 0 Å². The number of nitrogens with zero attached hydrogens (tertiary/aromatic N) is 3. The van der Waals surface area contributed by atoms with E-state index in [9.17, 15) is 0 Å². The zero-order valence-electron chi connectivity index (χ0n) is 17.7. The Bertz CT molecular complexity index is 1350. The van der Waals surface area contributed by atoms with E-state index in [1.165, 1.54) is 10.9 Å². The predicted octanol–water partition coefficient (Wildman–Crippen LogP) is 7.15. The fourth-order valence-corrected chi connectivity index (χ4v) is 3.79. The van der Waals surface area contributed by atoms with Gasteiger partial charge in [0.25, 0.3) is 0 Å². The van der Waals surface area contributed by atoms with Gasteiger partial charge in [-0.1, -0.05) is 105 Å². The fraction of sp³-hybridized carbons (Fsp3) is 0.107. The first-order valence-electron chi connectivity index (χ1n) is 10.6. The summed E-state index contributed by atoms with van der Waals surface area (Å²) in [4.78, 5) is 14.6. The normalized spacial score (nSPS) is 11.2. The van der Waals surface area contributed by atoms with Crippen molar-refractivity contribution in [2.75, 3.05) is 0 Å². The molecule has 0 unspecified atom stereocenters. The van der Waals surface area contributed by atoms with Gasteiger partial charge in [-0.15, -0.1) is 0 Å². The highest BCUT2D eigenvalue weighted by molar-refractivity contribution is 5.95. The first-order valence-corrected chi connectivity index (χ1v) is 10.6. The highest BCUT2D eigenvalue weighted by atomic mass is 15.0. The van der Waals surface area contributed by atoms with Crippen molar-refractivity contribution in [1.29, 1.82) is 0 Å². The van der Waals surface area contributed by atoms with Crippen LogP contribution in [-0.4, -0.2) is 15.0 Å². The van der Waals surface area contributed by atoms with Gasteiger partial charge in [0.05, 0.1) is 0 Å². The zero-order chi connectivity index (χ0) is 21.2. The summed E-state index contributed by atoms with van der Waals surface area (Å²) in [5, 5.41) is 2.33. The highest BCUT2D eigenvalue weighted by Crippen LogP contribution is 2.30. The van der Waals surface area contributed by atoms with E-state index in [2.05, 4.69) is 105 Å². The van der Waals surface area contributed by atoms with E-state index in [-0.39, 0.29) is 5.92 Å². The Hall–Kier alpha value is -3.85. The van der Waals surface area contributed by atoms with Gasteiger partial charge < -0.3 is 0 Å². The van der Waals surface area contributed by atoms with Crippen LogP contribution < -0.4 is 0 Å². The molecule has 0 fully saturated rings. The van der Waals surface area contributed by atoms with Gasteiger partial charge in [-0.05, 0) is 28.0 Å². The summed E-state index contributed by atoms with van der Waals surface area (Å²) < 4.78 is 0. The molecule has 0 radical (unpaired) electrons. The molecule has 0 saturated carbocycles. The summed E-state index contributed by atoms with van der Waals surface area (Å²) in [5.74, 6) is 2.43. The smallest absolute Gasteiger partial charge is 0.164 e. The van der Waals surface area contributed by atoms with Crippen LogP contribution in [0.3, 0.4) is 0 Å². The lowest BCUT2D eigenvalue weighted by molar-refractivity contribution is 0.766. The van der Waals surface area contributed by atoms with Crippen LogP contribution in [0.15, 0.2) is 97.1 Å². The van der Waals surface area contributed by atoms with Gasteiger partial charge in [-0.3, -0.25) is 0 Å². The molecule has 0 amide bonds. The van der Waals surface area contributed by atoms with E-state index in [1.54, 1.807) is 0 Å². The van der Waals surface area contributed by atoms with Crippen molar-refractivity contribution in [3.63, 3.8) is 0 Å². The summed E-state index contributed by atoms with van der Waals surface area (Å²) in [6.07, 6.45) is 0. The van der Waals surface area contributed by atoms with Crippen LogP contribution in [0, 0.1) is 0 Å². The van der Waals surface area contributed by atoms with E-state index in [0.29, 0.717) is 5.82 Å². The number of rotatable bonds is 4. The van der Waals surface area contributed by atoms with Crippen molar-refractivity contribution >= 4 is 10.8 Å². The van der Waals surface area contributed by atoms with Crippen molar-refractivity contribution in [3.8, 4) is 33.9 Å². The SMILES string of the molecule is CC(C)c1nc(-c2cccc(-c3ccccc3)c2)nc(-c2cccc3ccccc23)n1. The van der Waals surface area contributed by atoms with Crippen LogP contribution in [0.4, 0.5) is 0 Å². The van der Waals surface area contributed by atoms with E-state index < -0.39 is 0 Å². The van der Waals surface area contributed by atoms with Crippen molar-refractivity contribution in [3.05, 3.63) is 103 Å². The molecule has 5 rings (SSSR count). The Morgan fingerprint density at radius 3 is 2.03 bits per heavy atom. The number of hydrogen-bond donors (Lipinski definition) is 0. The molecule has 150 valence electrons. The van der Waals surface area contributed by atoms with Crippen LogP contribution in [0.2, 0.25) is 0 Å². The van der Waals surface area contributed by atoms with Crippen molar-refractivity contribution in [2.45, 2.75) is 19.8 Å². The van der Waals surface area contributed by atoms with E-state index >= 15 is 0 Å². The van der Waals surface area contributed by atoms with E-state index in [4.69, 9.17) is 15.0 Å². The quantitative estimate of drug-likeness (QED) is 0.321. The third kappa shape index (κ3) is 3.82. The second kappa shape index (κ2) is 8.11. The van der Waals surface area contributed by atoms with Crippen LogP contribution >= 0.6 is 0 Å². The van der Waals surface area contributed by atoms with E-state index in [0.717, 1.165) is 33.7 Å². The zero-order valence-corrected chi connectivity index (χ0v) is 17.7. The average molecular weight is 402 g/mol. The van der Waals surface area contributed by atoms with Gasteiger partial charge in [0, 0.05) is 17.0 Å². The maximum Gasteiger partial charge on any atom is 0.164 e. The van der Waals surface area contributed by atoms with Crippen LogP contribution in [0.25, 0.3) is 44.7 Å². The Balaban J connectivity index is 1.68. The molecule has 0 aliphatic heterocycles. The molecule has 1 heterocycles. The molecule has 0 aliphatic carbocycles. The molecular weight excluding hydrogens is 378 g/mol. The summed E-state index contributed by atoms with van der Waals surface area (Å²) in [6.45, 7) is 4.23. The maximum atomic E-state index is 4.92.